The molecule has 2 heterocycles. The number of nitrogens with zero attached hydrogens (tertiary/aromatic N) is 3. The van der Waals surface area contributed by atoms with Gasteiger partial charge in [0.05, 0.1) is 0 Å². The second kappa shape index (κ2) is 9.13. The highest BCUT2D eigenvalue weighted by Gasteiger charge is 2.33. The van der Waals surface area contributed by atoms with Crippen molar-refractivity contribution in [3.63, 3.8) is 0 Å². The average Bonchev–Trinajstić information content (AvgIpc) is 2.87. The molecule has 0 unspecified atom stereocenters. The van der Waals surface area contributed by atoms with E-state index in [4.69, 9.17) is 0 Å². The van der Waals surface area contributed by atoms with Gasteiger partial charge in [0.25, 0.3) is 11.8 Å². The van der Waals surface area contributed by atoms with Gasteiger partial charge in [0.1, 0.15) is 0 Å². The standard InChI is InChI=1S/C26H25N3O4S/c30-25-22-10-4-8-21-9-5-11-23(24(21)22)26(31)29(25)18-15-27-13-16-28(17-14-27)34(32,33)19-12-20-6-2-1-3-7-20/h1-12,19H,13-18H2. The van der Waals surface area contributed by atoms with Crippen LogP contribution in [0.5, 0.6) is 0 Å². The molecule has 0 bridgehead atoms. The molecule has 7 nitrogen and oxygen atoms in total. The van der Waals surface area contributed by atoms with Crippen LogP contribution in [0.3, 0.4) is 0 Å². The molecule has 2 aliphatic rings. The zero-order valence-electron chi connectivity index (χ0n) is 18.6. The van der Waals surface area contributed by atoms with E-state index in [9.17, 15) is 18.0 Å². The van der Waals surface area contributed by atoms with E-state index < -0.39 is 10.0 Å². The predicted octanol–water partition coefficient (Wildman–Crippen LogP) is 3.05. The fourth-order valence-electron chi connectivity index (χ4n) is 4.55. The minimum atomic E-state index is -3.51. The third-order valence-corrected chi connectivity index (χ3v) is 7.98. The van der Waals surface area contributed by atoms with E-state index >= 15 is 0 Å². The van der Waals surface area contributed by atoms with Crippen molar-refractivity contribution in [2.45, 2.75) is 0 Å². The smallest absolute Gasteiger partial charge is 0.261 e. The van der Waals surface area contributed by atoms with Crippen LogP contribution in [0.4, 0.5) is 0 Å². The number of amides is 2. The Kier molecular flexibility index (Phi) is 6.03. The van der Waals surface area contributed by atoms with Crippen molar-refractivity contribution in [2.75, 3.05) is 39.3 Å². The molecule has 0 spiro atoms. The molecule has 0 N–H and O–H groups in total. The first-order valence-electron chi connectivity index (χ1n) is 11.3. The summed E-state index contributed by atoms with van der Waals surface area (Å²) in [6.07, 6.45) is 1.60. The molecule has 8 heteroatoms. The third kappa shape index (κ3) is 4.27. The Morgan fingerprint density at radius 1 is 0.735 bits per heavy atom. The Hall–Kier alpha value is -3.33. The van der Waals surface area contributed by atoms with Gasteiger partial charge in [-0.1, -0.05) is 54.6 Å². The van der Waals surface area contributed by atoms with Gasteiger partial charge >= 0.3 is 0 Å². The van der Waals surface area contributed by atoms with E-state index in [2.05, 4.69) is 4.90 Å². The number of rotatable bonds is 6. The third-order valence-electron chi connectivity index (χ3n) is 6.42. The maximum absolute atomic E-state index is 13.1. The first-order valence-corrected chi connectivity index (χ1v) is 12.8. The van der Waals surface area contributed by atoms with Crippen LogP contribution < -0.4 is 0 Å². The van der Waals surface area contributed by atoms with Gasteiger partial charge in [-0.3, -0.25) is 19.4 Å². The quantitative estimate of drug-likeness (QED) is 0.512. The van der Waals surface area contributed by atoms with Crippen molar-refractivity contribution in [3.8, 4) is 0 Å². The molecule has 34 heavy (non-hydrogen) atoms. The van der Waals surface area contributed by atoms with Crippen molar-refractivity contribution < 1.29 is 18.0 Å². The highest BCUT2D eigenvalue weighted by Crippen LogP contribution is 2.29. The second-order valence-corrected chi connectivity index (χ2v) is 10.3. The summed E-state index contributed by atoms with van der Waals surface area (Å²) in [6, 6.07) is 20.3. The van der Waals surface area contributed by atoms with Crippen LogP contribution in [0.2, 0.25) is 0 Å². The Bertz CT molecular complexity index is 1330. The van der Waals surface area contributed by atoms with Crippen LogP contribution in [-0.2, 0) is 10.0 Å². The summed E-state index contributed by atoms with van der Waals surface area (Å²) >= 11 is 0. The molecule has 0 radical (unpaired) electrons. The van der Waals surface area contributed by atoms with E-state index in [-0.39, 0.29) is 18.4 Å². The van der Waals surface area contributed by atoms with Gasteiger partial charge < -0.3 is 0 Å². The van der Waals surface area contributed by atoms with E-state index in [1.165, 1.54) is 14.6 Å². The number of piperazine rings is 1. The Balaban J connectivity index is 1.20. The molecular formula is C26H25N3O4S. The molecule has 0 aliphatic carbocycles. The number of carbonyl (C=O) groups excluding carboxylic acids is 2. The number of hydrogen-bond acceptors (Lipinski definition) is 5. The number of benzene rings is 3. The van der Waals surface area contributed by atoms with Crippen molar-refractivity contribution in [2.24, 2.45) is 0 Å². The number of imide groups is 1. The zero-order valence-corrected chi connectivity index (χ0v) is 19.4. The Labute approximate surface area is 198 Å². The molecule has 0 saturated carbocycles. The van der Waals surface area contributed by atoms with Gasteiger partial charge in [0.2, 0.25) is 10.0 Å². The van der Waals surface area contributed by atoms with Crippen LogP contribution >= 0.6 is 0 Å². The lowest BCUT2D eigenvalue weighted by molar-refractivity contribution is 0.0585. The van der Waals surface area contributed by atoms with Crippen molar-refractivity contribution in [3.05, 3.63) is 88.8 Å². The molecule has 1 fully saturated rings. The Morgan fingerprint density at radius 3 is 1.97 bits per heavy atom. The lowest BCUT2D eigenvalue weighted by atomic mass is 9.94. The highest BCUT2D eigenvalue weighted by molar-refractivity contribution is 7.92. The predicted molar refractivity (Wildman–Crippen MR) is 132 cm³/mol. The molecule has 0 aromatic heterocycles. The van der Waals surface area contributed by atoms with Crippen LogP contribution in [0.1, 0.15) is 26.3 Å². The highest BCUT2D eigenvalue weighted by atomic mass is 32.2. The topological polar surface area (TPSA) is 78.0 Å². The summed E-state index contributed by atoms with van der Waals surface area (Å²) in [6.45, 7) is 2.59. The molecule has 5 rings (SSSR count). The fourth-order valence-corrected chi connectivity index (χ4v) is 5.72. The molecule has 1 saturated heterocycles. The van der Waals surface area contributed by atoms with Crippen molar-refractivity contribution in [1.82, 2.24) is 14.1 Å². The van der Waals surface area contributed by atoms with Crippen LogP contribution in [-0.4, -0.2) is 73.6 Å². The number of carbonyl (C=O) groups is 2. The minimum absolute atomic E-state index is 0.267. The maximum atomic E-state index is 13.1. The molecule has 2 amide bonds. The van der Waals surface area contributed by atoms with Gasteiger partial charge in [-0.2, -0.15) is 4.31 Å². The molecule has 2 aliphatic heterocycles. The summed E-state index contributed by atoms with van der Waals surface area (Å²) < 4.78 is 26.8. The molecule has 3 aromatic rings. The second-order valence-electron chi connectivity index (χ2n) is 8.47. The summed E-state index contributed by atoms with van der Waals surface area (Å²) in [5, 5.41) is 2.86. The van der Waals surface area contributed by atoms with Gasteiger partial charge in [0, 0.05) is 61.2 Å². The van der Waals surface area contributed by atoms with Crippen LogP contribution in [0.25, 0.3) is 16.8 Å². The average molecular weight is 476 g/mol. The normalized spacial score (nSPS) is 17.7. The maximum Gasteiger partial charge on any atom is 0.261 e. The first-order chi connectivity index (χ1) is 16.4. The van der Waals surface area contributed by atoms with Crippen molar-refractivity contribution >= 4 is 38.7 Å². The largest absolute Gasteiger partial charge is 0.299 e. The van der Waals surface area contributed by atoms with Gasteiger partial charge in [-0.25, -0.2) is 8.42 Å². The van der Waals surface area contributed by atoms with Crippen LogP contribution in [0.15, 0.2) is 72.1 Å². The van der Waals surface area contributed by atoms with E-state index in [1.54, 1.807) is 18.2 Å². The van der Waals surface area contributed by atoms with Gasteiger partial charge in [-0.05, 0) is 29.2 Å². The fraction of sp³-hybridized carbons (Fsp3) is 0.231. The van der Waals surface area contributed by atoms with Crippen molar-refractivity contribution in [1.29, 1.82) is 0 Å². The summed E-state index contributed by atoms with van der Waals surface area (Å²) in [4.78, 5) is 29.5. The number of sulfonamides is 1. The van der Waals surface area contributed by atoms with E-state index in [0.717, 1.165) is 16.3 Å². The lowest BCUT2D eigenvalue weighted by Gasteiger charge is -2.35. The summed E-state index contributed by atoms with van der Waals surface area (Å²) in [5.41, 5.74) is 1.93. The summed E-state index contributed by atoms with van der Waals surface area (Å²) in [7, 11) is -3.51. The first kappa shape index (κ1) is 22.5. The zero-order chi connectivity index (χ0) is 23.7. The SMILES string of the molecule is O=C1c2cccc3cccc(c23)C(=O)N1CCN1CCN(S(=O)(=O)C=Cc2ccccc2)CC1. The van der Waals surface area contributed by atoms with Crippen LogP contribution in [0, 0.1) is 0 Å². The van der Waals surface area contributed by atoms with Gasteiger partial charge in [0.15, 0.2) is 0 Å². The molecule has 0 atom stereocenters. The van der Waals surface area contributed by atoms with E-state index in [0.29, 0.717) is 43.9 Å². The van der Waals surface area contributed by atoms with E-state index in [1.807, 2.05) is 54.6 Å². The monoisotopic (exact) mass is 475 g/mol. The number of hydrogen-bond donors (Lipinski definition) is 0. The van der Waals surface area contributed by atoms with Gasteiger partial charge in [-0.15, -0.1) is 0 Å². The molecule has 174 valence electrons. The molecule has 3 aromatic carbocycles. The minimum Gasteiger partial charge on any atom is -0.299 e. The Morgan fingerprint density at radius 2 is 1.35 bits per heavy atom. The summed E-state index contributed by atoms with van der Waals surface area (Å²) in [5.74, 6) is -0.553. The lowest BCUT2D eigenvalue weighted by Crippen LogP contribution is -2.51. The molecular weight excluding hydrogens is 450 g/mol.